The molecule has 0 fully saturated rings. The second-order valence-corrected chi connectivity index (χ2v) is 9.11. The van der Waals surface area contributed by atoms with Gasteiger partial charge in [0.1, 0.15) is 24.2 Å². The number of rotatable bonds is 11. The summed E-state index contributed by atoms with van der Waals surface area (Å²) in [5, 5.41) is 4.88. The van der Waals surface area contributed by atoms with Gasteiger partial charge < -0.3 is 30.3 Å². The van der Waals surface area contributed by atoms with Crippen LogP contribution in [0, 0.1) is 5.92 Å². The molecule has 2 amide bonds. The predicted molar refractivity (Wildman–Crippen MR) is 138 cm³/mol. The number of nitrogens with two attached hydrogens (primary N) is 1. The van der Waals surface area contributed by atoms with Crippen molar-refractivity contribution in [3.8, 4) is 0 Å². The molecule has 0 aliphatic carbocycles. The quantitative estimate of drug-likeness (QED) is 0.186. The number of carbonyl (C=O) groups is 5. The molecule has 0 aliphatic heterocycles. The van der Waals surface area contributed by atoms with Crippen molar-refractivity contribution in [1.29, 1.82) is 0 Å². The van der Waals surface area contributed by atoms with Crippen LogP contribution in [-0.4, -0.2) is 52.8 Å². The molecule has 1 aromatic heterocycles. The van der Waals surface area contributed by atoms with E-state index in [1.807, 2.05) is 6.07 Å². The maximum Gasteiger partial charge on any atom is 0.408 e. The number of esters is 2. The Bertz CT molecular complexity index is 1300. The van der Waals surface area contributed by atoms with E-state index in [0.29, 0.717) is 11.1 Å². The fraction of sp³-hybridized carbons (Fsp3) is 0.333. The van der Waals surface area contributed by atoms with E-state index in [9.17, 15) is 24.0 Å². The molecule has 0 saturated carbocycles. The van der Waals surface area contributed by atoms with Gasteiger partial charge in [-0.1, -0.05) is 56.3 Å². The number of amides is 2. The number of nitrogens with one attached hydrogen (secondary N) is 2. The first-order valence-electron chi connectivity index (χ1n) is 12.2. The van der Waals surface area contributed by atoms with E-state index in [1.54, 1.807) is 62.4 Å². The van der Waals surface area contributed by atoms with E-state index in [4.69, 9.17) is 19.6 Å². The normalized spacial score (nSPS) is 13.3. The molecular weight excluding hydrogens is 508 g/mol. The molecule has 206 valence electrons. The van der Waals surface area contributed by atoms with Crippen LogP contribution in [0.5, 0.6) is 0 Å². The van der Waals surface area contributed by atoms with Gasteiger partial charge in [-0.25, -0.2) is 14.6 Å². The third-order valence-electron chi connectivity index (χ3n) is 5.59. The van der Waals surface area contributed by atoms with Gasteiger partial charge in [0.2, 0.25) is 11.7 Å². The minimum absolute atomic E-state index is 0.0149. The van der Waals surface area contributed by atoms with E-state index in [1.165, 1.54) is 6.92 Å². The molecule has 39 heavy (non-hydrogen) atoms. The van der Waals surface area contributed by atoms with Gasteiger partial charge in [0.25, 0.3) is 5.89 Å². The molecule has 3 atom stereocenters. The fourth-order valence-corrected chi connectivity index (χ4v) is 3.44. The highest BCUT2D eigenvalue weighted by Crippen LogP contribution is 2.16. The molecule has 0 spiro atoms. The molecule has 4 N–H and O–H groups in total. The molecule has 12 heteroatoms. The van der Waals surface area contributed by atoms with Crippen LogP contribution < -0.4 is 16.4 Å². The average molecular weight is 539 g/mol. The molecular formula is C27H30N4O8. The monoisotopic (exact) mass is 538 g/mol. The lowest BCUT2D eigenvalue weighted by Gasteiger charge is -2.23. The molecule has 0 bridgehead atoms. The summed E-state index contributed by atoms with van der Waals surface area (Å²) in [6.45, 7) is 4.72. The molecule has 3 rings (SSSR count). The number of aromatic nitrogens is 1. The van der Waals surface area contributed by atoms with Gasteiger partial charge in [-0.05, 0) is 30.5 Å². The van der Waals surface area contributed by atoms with E-state index >= 15 is 0 Å². The van der Waals surface area contributed by atoms with Crippen LogP contribution in [0.15, 0.2) is 59.0 Å². The largest absolute Gasteiger partial charge is 0.445 e. The summed E-state index contributed by atoms with van der Waals surface area (Å²) in [4.78, 5) is 66.1. The van der Waals surface area contributed by atoms with E-state index in [0.717, 1.165) is 5.56 Å². The van der Waals surface area contributed by atoms with Gasteiger partial charge in [0, 0.05) is 0 Å². The molecule has 2 aromatic carbocycles. The van der Waals surface area contributed by atoms with Crippen molar-refractivity contribution >= 4 is 40.8 Å². The third-order valence-corrected chi connectivity index (χ3v) is 5.59. The van der Waals surface area contributed by atoms with Crippen molar-refractivity contribution in [3.63, 3.8) is 0 Å². The number of nitrogens with zero attached hydrogens (tertiary/aromatic N) is 1. The average Bonchev–Trinajstić information content (AvgIpc) is 3.34. The summed E-state index contributed by atoms with van der Waals surface area (Å²) in [6.07, 6.45) is -1.43. The Labute approximate surface area is 224 Å². The van der Waals surface area contributed by atoms with Crippen molar-refractivity contribution in [3.05, 3.63) is 66.1 Å². The topological polar surface area (TPSA) is 180 Å². The number of benzene rings is 2. The zero-order valence-corrected chi connectivity index (χ0v) is 21.7. The van der Waals surface area contributed by atoms with Crippen LogP contribution in [0.4, 0.5) is 4.79 Å². The number of alkyl carbamates (subject to hydrolysis) is 1. The Morgan fingerprint density at radius 2 is 1.62 bits per heavy atom. The summed E-state index contributed by atoms with van der Waals surface area (Å²) in [6, 6.07) is 12.1. The lowest BCUT2D eigenvalue weighted by atomic mass is 10.0. The second kappa shape index (κ2) is 13.3. The maximum absolute atomic E-state index is 12.7. The number of oxazole rings is 1. The number of carbonyl (C=O) groups excluding carboxylic acids is 5. The number of hydrogen-bond donors (Lipinski definition) is 3. The molecule has 0 radical (unpaired) electrons. The minimum Gasteiger partial charge on any atom is -0.445 e. The molecule has 1 unspecified atom stereocenters. The summed E-state index contributed by atoms with van der Waals surface area (Å²) in [5.74, 6) is -4.17. The molecule has 0 saturated heterocycles. The Hall–Kier alpha value is -4.58. The SMILES string of the molecule is CC(C)[C@H](NC(=O)OCc1ccccc1)C(=O)N[C@@H](C)C(=O)OC(=O)CC(N)C(=O)c1nc2ccccc2o1. The van der Waals surface area contributed by atoms with E-state index in [-0.39, 0.29) is 18.4 Å². The Morgan fingerprint density at radius 3 is 2.28 bits per heavy atom. The van der Waals surface area contributed by atoms with Gasteiger partial charge in [-0.15, -0.1) is 0 Å². The zero-order valence-electron chi connectivity index (χ0n) is 21.7. The Morgan fingerprint density at radius 1 is 0.949 bits per heavy atom. The Balaban J connectivity index is 1.48. The highest BCUT2D eigenvalue weighted by atomic mass is 16.6. The standard InChI is InChI=1S/C27H30N4O8/c1-15(2)22(31-27(36)37-14-17-9-5-4-6-10-17)24(34)29-16(3)26(35)39-21(32)13-18(28)23(33)25-30-19-11-7-8-12-20(19)38-25/h4-12,15-16,18,22H,13-14,28H2,1-3H3,(H,29,34)(H,31,36)/t16-,18?,22-/m0/s1. The zero-order chi connectivity index (χ0) is 28.5. The molecule has 0 aliphatic rings. The number of hydrogen-bond acceptors (Lipinski definition) is 10. The van der Waals surface area contributed by atoms with Crippen molar-refractivity contribution in [2.75, 3.05) is 0 Å². The highest BCUT2D eigenvalue weighted by Gasteiger charge is 2.30. The summed E-state index contributed by atoms with van der Waals surface area (Å²) in [5.41, 5.74) is 7.41. The first-order valence-corrected chi connectivity index (χ1v) is 12.2. The fourth-order valence-electron chi connectivity index (χ4n) is 3.44. The van der Waals surface area contributed by atoms with Crippen molar-refractivity contribution in [2.45, 2.75) is 51.9 Å². The van der Waals surface area contributed by atoms with Gasteiger partial charge in [0.05, 0.1) is 12.5 Å². The number of ketones is 1. The first kappa shape index (κ1) is 29.0. The van der Waals surface area contributed by atoms with Gasteiger partial charge in [-0.2, -0.15) is 0 Å². The van der Waals surface area contributed by atoms with Crippen molar-refractivity contribution < 1.29 is 37.9 Å². The van der Waals surface area contributed by atoms with Gasteiger partial charge in [0.15, 0.2) is 5.58 Å². The number of fused-ring (bicyclic) bond motifs is 1. The molecule has 3 aromatic rings. The summed E-state index contributed by atoms with van der Waals surface area (Å²) >= 11 is 0. The maximum atomic E-state index is 12.7. The lowest BCUT2D eigenvalue weighted by Crippen LogP contribution is -2.53. The van der Waals surface area contributed by atoms with E-state index in [2.05, 4.69) is 15.6 Å². The summed E-state index contributed by atoms with van der Waals surface area (Å²) in [7, 11) is 0. The van der Waals surface area contributed by atoms with Crippen LogP contribution >= 0.6 is 0 Å². The second-order valence-electron chi connectivity index (χ2n) is 9.11. The van der Waals surface area contributed by atoms with Crippen LogP contribution in [0.1, 0.15) is 43.4 Å². The Kier molecular flexibility index (Phi) is 9.87. The van der Waals surface area contributed by atoms with Crippen LogP contribution in [0.3, 0.4) is 0 Å². The molecule has 1 heterocycles. The molecule has 12 nitrogen and oxygen atoms in total. The van der Waals surface area contributed by atoms with Gasteiger partial charge >= 0.3 is 18.0 Å². The van der Waals surface area contributed by atoms with Crippen LogP contribution in [0.2, 0.25) is 0 Å². The van der Waals surface area contributed by atoms with Crippen LogP contribution in [0.25, 0.3) is 11.1 Å². The van der Waals surface area contributed by atoms with Crippen molar-refractivity contribution in [1.82, 2.24) is 15.6 Å². The first-order chi connectivity index (χ1) is 18.5. The van der Waals surface area contributed by atoms with E-state index < -0.39 is 54.3 Å². The van der Waals surface area contributed by atoms with Crippen LogP contribution in [-0.2, 0) is 30.5 Å². The predicted octanol–water partition coefficient (Wildman–Crippen LogP) is 2.25. The number of Topliss-reactive ketones (excluding diaryl/α,β-unsaturated/α-hetero) is 1. The smallest absolute Gasteiger partial charge is 0.408 e. The number of para-hydroxylation sites is 2. The summed E-state index contributed by atoms with van der Waals surface area (Å²) < 4.78 is 15.3. The number of ether oxygens (including phenoxy) is 2. The van der Waals surface area contributed by atoms with Crippen molar-refractivity contribution in [2.24, 2.45) is 11.7 Å². The minimum atomic E-state index is -1.36. The van der Waals surface area contributed by atoms with Gasteiger partial charge in [-0.3, -0.25) is 14.4 Å². The lowest BCUT2D eigenvalue weighted by molar-refractivity contribution is -0.161. The third kappa shape index (κ3) is 8.20. The highest BCUT2D eigenvalue weighted by molar-refractivity contribution is 6.01.